The first-order chi connectivity index (χ1) is 14.4. The van der Waals surface area contributed by atoms with Crippen molar-refractivity contribution in [1.29, 1.82) is 0 Å². The van der Waals surface area contributed by atoms with Gasteiger partial charge in [0.05, 0.1) is 20.4 Å². The molecule has 1 N–H and O–H groups in total. The van der Waals surface area contributed by atoms with E-state index in [4.69, 9.17) is 9.47 Å². The molecule has 156 valence electrons. The molecule has 0 radical (unpaired) electrons. The molecule has 1 fully saturated rings. The van der Waals surface area contributed by atoms with Crippen molar-refractivity contribution in [2.75, 3.05) is 6.61 Å². The third kappa shape index (κ3) is 4.14. The van der Waals surface area contributed by atoms with Crippen molar-refractivity contribution in [1.82, 2.24) is 0 Å². The molecule has 0 amide bonds. The Hall–Kier alpha value is -2.24. The molecule has 0 unspecified atom stereocenters. The monoisotopic (exact) mass is 418 g/mol. The highest BCUT2D eigenvalue weighted by molar-refractivity contribution is 6.78. The molecule has 3 nitrogen and oxygen atoms in total. The van der Waals surface area contributed by atoms with Gasteiger partial charge in [-0.05, 0) is 16.7 Å². The molecule has 4 rings (SSSR count). The molecule has 0 saturated carbocycles. The highest BCUT2D eigenvalue weighted by Crippen LogP contribution is 2.41. The number of hydrogen-bond acceptors (Lipinski definition) is 3. The van der Waals surface area contributed by atoms with E-state index in [1.165, 1.54) is 0 Å². The first-order valence-corrected chi connectivity index (χ1v) is 14.1. The second-order valence-electron chi connectivity index (χ2n) is 9.04. The van der Waals surface area contributed by atoms with Gasteiger partial charge in [0.15, 0.2) is 0 Å². The smallest absolute Gasteiger partial charge is 0.143 e. The molecular weight excluding hydrogens is 388 g/mol. The molecule has 3 atom stereocenters. The number of aliphatic hydroxyl groups is 1. The second kappa shape index (κ2) is 8.48. The Morgan fingerprint density at radius 1 is 0.800 bits per heavy atom. The summed E-state index contributed by atoms with van der Waals surface area (Å²) in [4.78, 5) is 0. The quantitative estimate of drug-likeness (QED) is 0.318. The lowest BCUT2D eigenvalue weighted by atomic mass is 9.80. The molecule has 3 aromatic carbocycles. The molecule has 0 spiro atoms. The maximum Gasteiger partial charge on any atom is 0.143 e. The van der Waals surface area contributed by atoms with Gasteiger partial charge in [0.2, 0.25) is 0 Å². The Morgan fingerprint density at radius 2 is 1.20 bits per heavy atom. The number of aliphatic hydroxyl groups excluding tert-OH is 1. The van der Waals surface area contributed by atoms with Crippen LogP contribution in [0.3, 0.4) is 0 Å². The molecular formula is C26H30O3Si. The minimum Gasteiger partial charge on any atom is -0.388 e. The van der Waals surface area contributed by atoms with E-state index < -0.39 is 19.8 Å². The van der Waals surface area contributed by atoms with E-state index in [-0.39, 0.29) is 18.4 Å². The van der Waals surface area contributed by atoms with Gasteiger partial charge in [-0.1, -0.05) is 111 Å². The van der Waals surface area contributed by atoms with Crippen LogP contribution in [0.25, 0.3) is 0 Å². The van der Waals surface area contributed by atoms with Gasteiger partial charge in [-0.25, -0.2) is 0 Å². The molecule has 1 saturated heterocycles. The van der Waals surface area contributed by atoms with Crippen LogP contribution in [0.4, 0.5) is 0 Å². The predicted octanol–water partition coefficient (Wildman–Crippen LogP) is 5.00. The van der Waals surface area contributed by atoms with Crippen LogP contribution in [0.15, 0.2) is 91.0 Å². The summed E-state index contributed by atoms with van der Waals surface area (Å²) in [5.41, 5.74) is 2.48. The maximum atomic E-state index is 10.9. The summed E-state index contributed by atoms with van der Waals surface area (Å²) in [5, 5.41) is 10.9. The van der Waals surface area contributed by atoms with E-state index in [9.17, 15) is 5.11 Å². The molecule has 1 aliphatic heterocycles. The van der Waals surface area contributed by atoms with Crippen molar-refractivity contribution in [3.63, 3.8) is 0 Å². The fraction of sp³-hybridized carbons (Fsp3) is 0.308. The lowest BCUT2D eigenvalue weighted by Crippen LogP contribution is -2.39. The van der Waals surface area contributed by atoms with Crippen molar-refractivity contribution in [2.45, 2.75) is 43.2 Å². The largest absolute Gasteiger partial charge is 0.388 e. The molecule has 0 bridgehead atoms. The van der Waals surface area contributed by atoms with E-state index in [2.05, 4.69) is 56.0 Å². The predicted molar refractivity (Wildman–Crippen MR) is 123 cm³/mol. The zero-order chi connectivity index (χ0) is 21.2. The van der Waals surface area contributed by atoms with Gasteiger partial charge in [-0.2, -0.15) is 0 Å². The average molecular weight is 419 g/mol. The topological polar surface area (TPSA) is 42.0 Å². The first-order valence-electron chi connectivity index (χ1n) is 10.6. The standard InChI is InChI=1S/C26H30O3Si/c1-30(2,3)25-24(29-25)23(27)19-28-26(20-13-7-4-8-14-20,21-15-9-5-10-16-21)22-17-11-6-12-18-22/h4-18,23-25,27H,19H2,1-3H3/t23-,24-,25-/m1/s1. The highest BCUT2D eigenvalue weighted by atomic mass is 28.3. The van der Waals surface area contributed by atoms with E-state index in [0.717, 1.165) is 16.7 Å². The van der Waals surface area contributed by atoms with Crippen LogP contribution < -0.4 is 0 Å². The maximum absolute atomic E-state index is 10.9. The molecule has 0 aromatic heterocycles. The SMILES string of the molecule is C[Si](C)(C)[C@H]1O[C@@H]1[C@H](O)COC(c1ccccc1)(c1ccccc1)c1ccccc1. The first kappa shape index (κ1) is 21.0. The van der Waals surface area contributed by atoms with Crippen LogP contribution in [-0.2, 0) is 15.1 Å². The van der Waals surface area contributed by atoms with Crippen LogP contribution in [0, 0.1) is 0 Å². The summed E-state index contributed by atoms with van der Waals surface area (Å²) in [6, 6.07) is 30.7. The Bertz CT molecular complexity index is 842. The highest BCUT2D eigenvalue weighted by Gasteiger charge is 2.52. The Morgan fingerprint density at radius 3 is 1.53 bits per heavy atom. The molecule has 0 aliphatic carbocycles. The molecule has 30 heavy (non-hydrogen) atoms. The zero-order valence-electron chi connectivity index (χ0n) is 17.9. The van der Waals surface area contributed by atoms with Crippen LogP contribution in [0.1, 0.15) is 16.7 Å². The Balaban J connectivity index is 1.72. The van der Waals surface area contributed by atoms with Gasteiger partial charge >= 0.3 is 0 Å². The summed E-state index contributed by atoms with van der Waals surface area (Å²) < 4.78 is 12.6. The fourth-order valence-electron chi connectivity index (χ4n) is 4.19. The minimum atomic E-state index is -1.45. The third-order valence-electron chi connectivity index (χ3n) is 5.77. The van der Waals surface area contributed by atoms with E-state index in [1.807, 2.05) is 54.6 Å². The zero-order valence-corrected chi connectivity index (χ0v) is 18.9. The Labute approximate surface area is 180 Å². The molecule has 4 heteroatoms. The van der Waals surface area contributed by atoms with Gasteiger partial charge in [0, 0.05) is 0 Å². The van der Waals surface area contributed by atoms with Gasteiger partial charge in [-0.3, -0.25) is 0 Å². The third-order valence-corrected chi connectivity index (χ3v) is 7.94. The summed E-state index contributed by atoms with van der Waals surface area (Å²) in [6.07, 6.45) is -0.783. The van der Waals surface area contributed by atoms with Crippen molar-refractivity contribution >= 4 is 8.07 Å². The van der Waals surface area contributed by atoms with Crippen LogP contribution >= 0.6 is 0 Å². The minimum absolute atomic E-state index is 0.128. The lowest BCUT2D eigenvalue weighted by molar-refractivity contribution is -0.0449. The van der Waals surface area contributed by atoms with Crippen LogP contribution in [0.5, 0.6) is 0 Å². The molecule has 1 aliphatic rings. The van der Waals surface area contributed by atoms with Gasteiger partial charge in [0.1, 0.15) is 17.8 Å². The Kier molecular flexibility index (Phi) is 5.94. The summed E-state index contributed by atoms with van der Waals surface area (Å²) in [7, 11) is -1.45. The van der Waals surface area contributed by atoms with Crippen molar-refractivity contribution < 1.29 is 14.6 Å². The number of epoxide rings is 1. The van der Waals surface area contributed by atoms with Crippen LogP contribution in [-0.4, -0.2) is 37.7 Å². The van der Waals surface area contributed by atoms with Crippen molar-refractivity contribution in [3.05, 3.63) is 108 Å². The second-order valence-corrected chi connectivity index (χ2v) is 14.3. The van der Waals surface area contributed by atoms with E-state index >= 15 is 0 Å². The molecule has 1 heterocycles. The average Bonchev–Trinajstić information content (AvgIpc) is 3.58. The van der Waals surface area contributed by atoms with Gasteiger partial charge < -0.3 is 14.6 Å². The van der Waals surface area contributed by atoms with Crippen molar-refractivity contribution in [2.24, 2.45) is 0 Å². The van der Waals surface area contributed by atoms with E-state index in [1.54, 1.807) is 0 Å². The number of rotatable bonds is 8. The molecule has 3 aromatic rings. The fourth-order valence-corrected chi connectivity index (χ4v) is 5.96. The number of hydrogen-bond donors (Lipinski definition) is 1. The van der Waals surface area contributed by atoms with Crippen LogP contribution in [0.2, 0.25) is 19.6 Å². The number of ether oxygens (including phenoxy) is 2. The normalized spacial score (nSPS) is 20.0. The van der Waals surface area contributed by atoms with E-state index in [0.29, 0.717) is 0 Å². The summed E-state index contributed by atoms with van der Waals surface area (Å²) in [5.74, 6) is 0. The number of benzene rings is 3. The summed E-state index contributed by atoms with van der Waals surface area (Å²) >= 11 is 0. The van der Waals surface area contributed by atoms with Gasteiger partial charge in [-0.15, -0.1) is 0 Å². The lowest BCUT2D eigenvalue weighted by Gasteiger charge is -2.36. The van der Waals surface area contributed by atoms with Gasteiger partial charge in [0.25, 0.3) is 0 Å². The summed E-state index contributed by atoms with van der Waals surface area (Å²) in [6.45, 7) is 7.01. The van der Waals surface area contributed by atoms with Crippen molar-refractivity contribution in [3.8, 4) is 0 Å².